The van der Waals surface area contributed by atoms with Crippen molar-refractivity contribution < 1.29 is 9.53 Å². The third-order valence-electron chi connectivity index (χ3n) is 5.03. The van der Waals surface area contributed by atoms with Gasteiger partial charge in [-0.15, -0.1) is 0 Å². The Hall–Kier alpha value is -1.41. The molecule has 0 N–H and O–H groups in total. The van der Waals surface area contributed by atoms with Crippen molar-refractivity contribution in [2.75, 3.05) is 6.61 Å². The lowest BCUT2D eigenvalue weighted by Gasteiger charge is -2.00. The van der Waals surface area contributed by atoms with Gasteiger partial charge in [-0.2, -0.15) is 0 Å². The predicted octanol–water partition coefficient (Wildman–Crippen LogP) is 7.60. The second-order valence-corrected chi connectivity index (χ2v) is 7.73. The highest BCUT2D eigenvalue weighted by molar-refractivity contribution is 5.36. The number of carbonyl (C=O) groups excluding carboxylic acids is 1. The third-order valence-corrected chi connectivity index (χ3v) is 5.03. The molecule has 0 spiro atoms. The van der Waals surface area contributed by atoms with Crippen molar-refractivity contribution in [3.05, 3.63) is 0 Å². The van der Waals surface area contributed by atoms with E-state index in [4.69, 9.17) is 0 Å². The standard InChI is InChI=1S/C26H44O2/c1-2-3-4-5-6-7-8-9-10-11-12-13-14-15-16-17-18-19-20-21-22-23-24-25-28-26-27/h26H,2-12,17-25H2,1H3. The molecule has 0 radical (unpaired) electrons. The Balaban J connectivity index is 3.22. The van der Waals surface area contributed by atoms with Gasteiger partial charge < -0.3 is 4.74 Å². The van der Waals surface area contributed by atoms with E-state index in [1.807, 2.05) is 0 Å². The molecule has 0 bridgehead atoms. The maximum atomic E-state index is 9.99. The number of unbranched alkanes of at least 4 members (excludes halogenated alkanes) is 17. The molecule has 0 saturated heterocycles. The van der Waals surface area contributed by atoms with Crippen LogP contribution in [0.2, 0.25) is 0 Å². The zero-order valence-electron chi connectivity index (χ0n) is 18.5. The van der Waals surface area contributed by atoms with Gasteiger partial charge >= 0.3 is 0 Å². The summed E-state index contributed by atoms with van der Waals surface area (Å²) >= 11 is 0. The van der Waals surface area contributed by atoms with Gasteiger partial charge in [0.25, 0.3) is 6.47 Å². The number of rotatable bonds is 20. The fourth-order valence-electron chi connectivity index (χ4n) is 3.24. The molecule has 0 atom stereocenters. The van der Waals surface area contributed by atoms with Crippen LogP contribution in [0, 0.1) is 23.7 Å². The SMILES string of the molecule is CCCCCCCCCCCCC#CC#CCCCCCCCCCOC=O. The van der Waals surface area contributed by atoms with Crippen LogP contribution in [-0.4, -0.2) is 13.1 Å². The van der Waals surface area contributed by atoms with Crippen LogP contribution in [0.4, 0.5) is 0 Å². The largest absolute Gasteiger partial charge is 0.468 e. The molecule has 0 aliphatic rings. The van der Waals surface area contributed by atoms with Gasteiger partial charge in [-0.1, -0.05) is 109 Å². The van der Waals surface area contributed by atoms with Gasteiger partial charge in [0.1, 0.15) is 0 Å². The Kier molecular flexibility index (Phi) is 24.3. The van der Waals surface area contributed by atoms with Gasteiger partial charge in [0.15, 0.2) is 0 Å². The average Bonchev–Trinajstić information content (AvgIpc) is 2.71. The topological polar surface area (TPSA) is 26.3 Å². The van der Waals surface area contributed by atoms with Crippen LogP contribution in [-0.2, 0) is 9.53 Å². The van der Waals surface area contributed by atoms with E-state index in [1.165, 1.54) is 96.3 Å². The first-order valence-electron chi connectivity index (χ1n) is 11.9. The molecule has 0 aliphatic carbocycles. The Morgan fingerprint density at radius 1 is 0.571 bits per heavy atom. The monoisotopic (exact) mass is 388 g/mol. The molecule has 160 valence electrons. The maximum Gasteiger partial charge on any atom is 0.293 e. The molecular formula is C26H44O2. The van der Waals surface area contributed by atoms with Crippen LogP contribution in [0.3, 0.4) is 0 Å². The minimum atomic E-state index is 0.531. The highest BCUT2D eigenvalue weighted by atomic mass is 16.5. The van der Waals surface area contributed by atoms with E-state index >= 15 is 0 Å². The van der Waals surface area contributed by atoms with Crippen molar-refractivity contribution >= 4 is 6.47 Å². The van der Waals surface area contributed by atoms with Crippen LogP contribution in [0.15, 0.2) is 0 Å². The number of hydrogen-bond donors (Lipinski definition) is 0. The summed E-state index contributed by atoms with van der Waals surface area (Å²) in [6.07, 6.45) is 24.1. The molecule has 0 aromatic heterocycles. The molecule has 2 nitrogen and oxygen atoms in total. The summed E-state index contributed by atoms with van der Waals surface area (Å²) in [5.74, 6) is 12.4. The predicted molar refractivity (Wildman–Crippen MR) is 121 cm³/mol. The van der Waals surface area contributed by atoms with Crippen LogP contribution >= 0.6 is 0 Å². The minimum absolute atomic E-state index is 0.531. The summed E-state index contributed by atoms with van der Waals surface area (Å²) in [5, 5.41) is 0. The summed E-state index contributed by atoms with van der Waals surface area (Å²) in [5.41, 5.74) is 0. The van der Waals surface area contributed by atoms with Crippen molar-refractivity contribution in [2.24, 2.45) is 0 Å². The summed E-state index contributed by atoms with van der Waals surface area (Å²) in [6.45, 7) is 3.37. The lowest BCUT2D eigenvalue weighted by molar-refractivity contribution is -0.128. The molecule has 2 heteroatoms. The van der Waals surface area contributed by atoms with Gasteiger partial charge in [-0.25, -0.2) is 0 Å². The van der Waals surface area contributed by atoms with Crippen LogP contribution < -0.4 is 0 Å². The molecule has 0 unspecified atom stereocenters. The zero-order chi connectivity index (χ0) is 20.4. The molecule has 28 heavy (non-hydrogen) atoms. The summed E-state index contributed by atoms with van der Waals surface area (Å²) in [7, 11) is 0. The van der Waals surface area contributed by atoms with E-state index < -0.39 is 0 Å². The average molecular weight is 389 g/mol. The Bertz CT molecular complexity index is 433. The zero-order valence-corrected chi connectivity index (χ0v) is 18.5. The van der Waals surface area contributed by atoms with Gasteiger partial charge in [0, 0.05) is 12.8 Å². The van der Waals surface area contributed by atoms with Gasteiger partial charge in [0.05, 0.1) is 6.61 Å². The van der Waals surface area contributed by atoms with Crippen LogP contribution in [0.5, 0.6) is 0 Å². The summed E-state index contributed by atoms with van der Waals surface area (Å²) in [4.78, 5) is 9.99. The highest BCUT2D eigenvalue weighted by Gasteiger charge is 1.92. The third kappa shape index (κ3) is 24.6. The van der Waals surface area contributed by atoms with Crippen molar-refractivity contribution in [1.29, 1.82) is 0 Å². The number of carbonyl (C=O) groups is 1. The van der Waals surface area contributed by atoms with E-state index in [0.29, 0.717) is 13.1 Å². The molecular weight excluding hydrogens is 344 g/mol. The van der Waals surface area contributed by atoms with E-state index in [2.05, 4.69) is 35.3 Å². The second-order valence-electron chi connectivity index (χ2n) is 7.73. The lowest BCUT2D eigenvalue weighted by Crippen LogP contribution is -1.91. The van der Waals surface area contributed by atoms with Crippen molar-refractivity contribution in [1.82, 2.24) is 0 Å². The Labute approximate surface area is 175 Å². The number of hydrogen-bond acceptors (Lipinski definition) is 2. The second kappa shape index (κ2) is 25.6. The van der Waals surface area contributed by atoms with Gasteiger partial charge in [0.2, 0.25) is 0 Å². The minimum Gasteiger partial charge on any atom is -0.468 e. The Morgan fingerprint density at radius 3 is 1.39 bits per heavy atom. The number of ether oxygens (including phenoxy) is 1. The first kappa shape index (κ1) is 26.6. The van der Waals surface area contributed by atoms with E-state index in [-0.39, 0.29) is 0 Å². The molecule has 0 saturated carbocycles. The Morgan fingerprint density at radius 2 is 0.964 bits per heavy atom. The summed E-state index contributed by atoms with van der Waals surface area (Å²) in [6, 6.07) is 0. The van der Waals surface area contributed by atoms with Crippen molar-refractivity contribution in [3.8, 4) is 23.7 Å². The molecule has 0 rings (SSSR count). The van der Waals surface area contributed by atoms with Crippen molar-refractivity contribution in [3.63, 3.8) is 0 Å². The van der Waals surface area contributed by atoms with E-state index in [9.17, 15) is 4.79 Å². The lowest BCUT2D eigenvalue weighted by atomic mass is 10.1. The molecule has 0 fully saturated rings. The quantitative estimate of drug-likeness (QED) is 0.122. The summed E-state index contributed by atoms with van der Waals surface area (Å²) < 4.78 is 4.67. The van der Waals surface area contributed by atoms with E-state index in [1.54, 1.807) is 0 Å². The van der Waals surface area contributed by atoms with Crippen LogP contribution in [0.25, 0.3) is 0 Å². The fraction of sp³-hybridized carbons (Fsp3) is 0.808. The maximum absolute atomic E-state index is 9.99. The molecule has 0 aromatic rings. The molecule has 0 heterocycles. The normalized spacial score (nSPS) is 9.89. The molecule has 0 aromatic carbocycles. The highest BCUT2D eigenvalue weighted by Crippen LogP contribution is 2.11. The molecule has 0 amide bonds. The smallest absolute Gasteiger partial charge is 0.293 e. The van der Waals surface area contributed by atoms with Crippen molar-refractivity contribution in [2.45, 2.75) is 129 Å². The first-order valence-corrected chi connectivity index (χ1v) is 11.9. The van der Waals surface area contributed by atoms with Gasteiger partial charge in [-0.3, -0.25) is 4.79 Å². The fourth-order valence-corrected chi connectivity index (χ4v) is 3.24. The first-order chi connectivity index (χ1) is 13.9. The van der Waals surface area contributed by atoms with E-state index in [0.717, 1.165) is 25.7 Å². The van der Waals surface area contributed by atoms with Crippen LogP contribution in [0.1, 0.15) is 129 Å². The molecule has 0 aliphatic heterocycles. The van der Waals surface area contributed by atoms with Gasteiger partial charge in [-0.05, 0) is 31.1 Å².